The highest BCUT2D eigenvalue weighted by Crippen LogP contribution is 2.21. The Labute approximate surface area is 100 Å². The van der Waals surface area contributed by atoms with Gasteiger partial charge in [-0.1, -0.05) is 0 Å². The second-order valence-corrected chi connectivity index (χ2v) is 4.18. The van der Waals surface area contributed by atoms with Crippen LogP contribution in [0, 0.1) is 5.92 Å². The van der Waals surface area contributed by atoms with Crippen LogP contribution >= 0.6 is 0 Å². The molecule has 92 valence electrons. The molecule has 1 atom stereocenters. The molecule has 0 aromatic carbocycles. The van der Waals surface area contributed by atoms with Gasteiger partial charge in [-0.2, -0.15) is 4.98 Å². The number of anilines is 2. The summed E-state index contributed by atoms with van der Waals surface area (Å²) in [6.07, 6.45) is 3.55. The van der Waals surface area contributed by atoms with E-state index < -0.39 is 0 Å². The van der Waals surface area contributed by atoms with Gasteiger partial charge in [-0.05, 0) is 18.9 Å². The predicted molar refractivity (Wildman–Crippen MR) is 65.7 cm³/mol. The maximum absolute atomic E-state index is 11.2. The van der Waals surface area contributed by atoms with Gasteiger partial charge in [-0.15, -0.1) is 0 Å². The minimum absolute atomic E-state index is 0.0725. The lowest BCUT2D eigenvalue weighted by atomic mass is 9.97. The van der Waals surface area contributed by atoms with Crippen LogP contribution in [-0.2, 0) is 4.79 Å². The largest absolute Gasteiger partial charge is 0.369 e. The minimum Gasteiger partial charge on any atom is -0.369 e. The highest BCUT2D eigenvalue weighted by Gasteiger charge is 2.24. The lowest BCUT2D eigenvalue weighted by Gasteiger charge is -2.32. The number of aromatic nitrogens is 2. The van der Waals surface area contributed by atoms with Crippen molar-refractivity contribution in [3.05, 3.63) is 12.3 Å². The Balaban J connectivity index is 2.13. The molecule has 6 nitrogen and oxygen atoms in total. The molecule has 3 N–H and O–H groups in total. The summed E-state index contributed by atoms with van der Waals surface area (Å²) in [4.78, 5) is 21.7. The number of carbonyl (C=O) groups excluding carboxylic acids is 1. The molecular formula is C11H17N5O. The van der Waals surface area contributed by atoms with Gasteiger partial charge in [0.25, 0.3) is 0 Å². The molecule has 17 heavy (non-hydrogen) atoms. The van der Waals surface area contributed by atoms with E-state index in [0.29, 0.717) is 12.5 Å². The molecule has 1 aromatic rings. The number of amides is 1. The summed E-state index contributed by atoms with van der Waals surface area (Å²) in [6.45, 7) is 1.56. The molecule has 0 radical (unpaired) electrons. The van der Waals surface area contributed by atoms with Crippen molar-refractivity contribution in [1.29, 1.82) is 0 Å². The molecule has 1 aliphatic rings. The Morgan fingerprint density at radius 1 is 1.65 bits per heavy atom. The smallest absolute Gasteiger partial charge is 0.224 e. The van der Waals surface area contributed by atoms with Crippen molar-refractivity contribution in [2.75, 3.05) is 30.4 Å². The first-order valence-corrected chi connectivity index (χ1v) is 5.76. The number of hydrogen-bond acceptors (Lipinski definition) is 5. The van der Waals surface area contributed by atoms with E-state index in [1.165, 1.54) is 0 Å². The minimum atomic E-state index is -0.224. The lowest BCUT2D eigenvalue weighted by molar-refractivity contribution is -0.122. The van der Waals surface area contributed by atoms with Crippen molar-refractivity contribution >= 4 is 17.7 Å². The van der Waals surface area contributed by atoms with Gasteiger partial charge in [-0.25, -0.2) is 4.98 Å². The predicted octanol–water partition coefficient (Wildman–Crippen LogP) is 0.220. The first-order valence-electron chi connectivity index (χ1n) is 5.76. The molecule has 1 fully saturated rings. The molecule has 1 aliphatic heterocycles. The summed E-state index contributed by atoms with van der Waals surface area (Å²) in [5.74, 6) is 1.13. The van der Waals surface area contributed by atoms with E-state index in [9.17, 15) is 4.79 Å². The monoisotopic (exact) mass is 235 g/mol. The Hall–Kier alpha value is -1.85. The summed E-state index contributed by atoms with van der Waals surface area (Å²) < 4.78 is 0. The number of piperidine rings is 1. The number of hydrogen-bond donors (Lipinski definition) is 2. The maximum Gasteiger partial charge on any atom is 0.224 e. The zero-order valence-electron chi connectivity index (χ0n) is 9.89. The van der Waals surface area contributed by atoms with E-state index in [2.05, 4.69) is 20.2 Å². The Morgan fingerprint density at radius 2 is 2.47 bits per heavy atom. The van der Waals surface area contributed by atoms with Crippen molar-refractivity contribution in [2.24, 2.45) is 11.7 Å². The number of nitrogens with zero attached hydrogens (tertiary/aromatic N) is 3. The van der Waals surface area contributed by atoms with E-state index in [-0.39, 0.29) is 11.8 Å². The SMILES string of the molecule is CNc1nccc(N2CCCC(C(N)=O)C2)n1. The fraction of sp³-hybridized carbons (Fsp3) is 0.545. The second kappa shape index (κ2) is 4.99. The van der Waals surface area contributed by atoms with Crippen LogP contribution in [0.25, 0.3) is 0 Å². The van der Waals surface area contributed by atoms with Crippen molar-refractivity contribution in [2.45, 2.75) is 12.8 Å². The van der Waals surface area contributed by atoms with E-state index in [4.69, 9.17) is 5.73 Å². The summed E-state index contributed by atoms with van der Waals surface area (Å²) >= 11 is 0. The van der Waals surface area contributed by atoms with Gasteiger partial charge in [0.1, 0.15) is 5.82 Å². The Bertz CT molecular complexity index is 409. The third-order valence-corrected chi connectivity index (χ3v) is 3.01. The molecule has 1 amide bonds. The molecule has 0 saturated carbocycles. The molecule has 1 unspecified atom stereocenters. The van der Waals surface area contributed by atoms with Crippen LogP contribution in [0.2, 0.25) is 0 Å². The lowest BCUT2D eigenvalue weighted by Crippen LogP contribution is -2.41. The summed E-state index contributed by atoms with van der Waals surface area (Å²) in [6, 6.07) is 1.85. The quantitative estimate of drug-likeness (QED) is 0.783. The fourth-order valence-corrected chi connectivity index (χ4v) is 2.06. The zero-order chi connectivity index (χ0) is 12.3. The van der Waals surface area contributed by atoms with E-state index in [1.807, 2.05) is 6.07 Å². The van der Waals surface area contributed by atoms with Gasteiger partial charge in [0.2, 0.25) is 11.9 Å². The van der Waals surface area contributed by atoms with Crippen LogP contribution in [0.1, 0.15) is 12.8 Å². The molecule has 0 spiro atoms. The number of primary amides is 1. The standard InChI is InChI=1S/C11H17N5O/c1-13-11-14-5-4-9(15-11)16-6-2-3-8(7-16)10(12)17/h4-5,8H,2-3,6-7H2,1H3,(H2,12,17)(H,13,14,15). The van der Waals surface area contributed by atoms with Crippen molar-refractivity contribution < 1.29 is 4.79 Å². The second-order valence-electron chi connectivity index (χ2n) is 4.18. The van der Waals surface area contributed by atoms with Crippen LogP contribution < -0.4 is 16.0 Å². The van der Waals surface area contributed by atoms with E-state index >= 15 is 0 Å². The molecule has 2 rings (SSSR count). The summed E-state index contributed by atoms with van der Waals surface area (Å²) in [5.41, 5.74) is 5.35. The van der Waals surface area contributed by atoms with Crippen molar-refractivity contribution in [3.8, 4) is 0 Å². The third kappa shape index (κ3) is 2.64. The highest BCUT2D eigenvalue weighted by molar-refractivity contribution is 5.77. The van der Waals surface area contributed by atoms with Gasteiger partial charge < -0.3 is 16.0 Å². The first kappa shape index (κ1) is 11.6. The van der Waals surface area contributed by atoms with Crippen LogP contribution in [0.3, 0.4) is 0 Å². The van der Waals surface area contributed by atoms with Crippen LogP contribution in [0.4, 0.5) is 11.8 Å². The van der Waals surface area contributed by atoms with Gasteiger partial charge in [-0.3, -0.25) is 4.79 Å². The average molecular weight is 235 g/mol. The molecule has 6 heteroatoms. The topological polar surface area (TPSA) is 84.1 Å². The normalized spacial score (nSPS) is 20.1. The van der Waals surface area contributed by atoms with Gasteiger partial charge in [0.15, 0.2) is 0 Å². The average Bonchev–Trinajstić information content (AvgIpc) is 2.39. The van der Waals surface area contributed by atoms with Gasteiger partial charge in [0.05, 0.1) is 5.92 Å². The van der Waals surface area contributed by atoms with Crippen molar-refractivity contribution in [1.82, 2.24) is 9.97 Å². The van der Waals surface area contributed by atoms with Crippen LogP contribution in [0.5, 0.6) is 0 Å². The molecule has 0 bridgehead atoms. The molecule has 0 aliphatic carbocycles. The fourth-order valence-electron chi connectivity index (χ4n) is 2.06. The molecular weight excluding hydrogens is 218 g/mol. The van der Waals surface area contributed by atoms with E-state index in [0.717, 1.165) is 25.2 Å². The summed E-state index contributed by atoms with van der Waals surface area (Å²) in [7, 11) is 1.78. The number of rotatable bonds is 3. The van der Waals surface area contributed by atoms with Gasteiger partial charge in [0, 0.05) is 26.3 Å². The highest BCUT2D eigenvalue weighted by atomic mass is 16.1. The third-order valence-electron chi connectivity index (χ3n) is 3.01. The Morgan fingerprint density at radius 3 is 3.18 bits per heavy atom. The number of carbonyl (C=O) groups is 1. The number of nitrogens with one attached hydrogen (secondary N) is 1. The Kier molecular flexibility index (Phi) is 3.41. The number of nitrogens with two attached hydrogens (primary N) is 1. The maximum atomic E-state index is 11.2. The zero-order valence-corrected chi connectivity index (χ0v) is 9.89. The van der Waals surface area contributed by atoms with E-state index in [1.54, 1.807) is 13.2 Å². The molecule has 1 aromatic heterocycles. The molecule has 2 heterocycles. The summed E-state index contributed by atoms with van der Waals surface area (Å²) in [5, 5.41) is 2.90. The van der Waals surface area contributed by atoms with Crippen molar-refractivity contribution in [3.63, 3.8) is 0 Å². The molecule has 1 saturated heterocycles. The van der Waals surface area contributed by atoms with Gasteiger partial charge >= 0.3 is 0 Å². The first-order chi connectivity index (χ1) is 8.20. The van der Waals surface area contributed by atoms with Crippen LogP contribution in [-0.4, -0.2) is 36.0 Å². The van der Waals surface area contributed by atoms with Crippen LogP contribution in [0.15, 0.2) is 12.3 Å².